The van der Waals surface area contributed by atoms with Gasteiger partial charge in [-0.05, 0) is 42.2 Å². The molecule has 7 nitrogen and oxygen atoms in total. The van der Waals surface area contributed by atoms with Crippen molar-refractivity contribution in [3.8, 4) is 0 Å². The number of amides is 2. The topological polar surface area (TPSA) is 102 Å². The standard InChI is InChI=1S/C26H27Cl2N3O4/c27-18-6-3-5-16(13-18)22-9-4-12-31(22)26(35)24(33)23(32)25(34)30-15-19-11-10-17(14-29-19)20-7-1-2-8-21(20)28/h1-3,5-8,10-11,13-14,19,22-24,29,32-33H,4,9,12,15H2,(H,30,34)/t19?,22?,23-,24-/m1/s1. The van der Waals surface area contributed by atoms with Gasteiger partial charge in [0.2, 0.25) is 0 Å². The maximum Gasteiger partial charge on any atom is 0.255 e. The second-order valence-corrected chi connectivity index (χ2v) is 9.43. The molecule has 2 aliphatic heterocycles. The van der Waals surface area contributed by atoms with Crippen LogP contribution in [-0.2, 0) is 9.59 Å². The van der Waals surface area contributed by atoms with Crippen LogP contribution in [0.15, 0.2) is 66.9 Å². The minimum atomic E-state index is -1.88. The normalized spacial score (nSPS) is 21.1. The molecule has 4 N–H and O–H groups in total. The number of aliphatic hydroxyl groups excluding tert-OH is 2. The van der Waals surface area contributed by atoms with E-state index in [4.69, 9.17) is 23.2 Å². The van der Waals surface area contributed by atoms with E-state index in [9.17, 15) is 19.8 Å². The average molecular weight is 516 g/mol. The summed E-state index contributed by atoms with van der Waals surface area (Å²) in [5.41, 5.74) is 2.64. The molecule has 35 heavy (non-hydrogen) atoms. The molecule has 1 saturated heterocycles. The number of dihydropyridines is 1. The van der Waals surface area contributed by atoms with E-state index in [2.05, 4.69) is 10.6 Å². The van der Waals surface area contributed by atoms with Gasteiger partial charge in [0, 0.05) is 34.9 Å². The van der Waals surface area contributed by atoms with Gasteiger partial charge in [-0.15, -0.1) is 0 Å². The van der Waals surface area contributed by atoms with E-state index in [0.29, 0.717) is 23.0 Å². The summed E-state index contributed by atoms with van der Waals surface area (Å²) in [5, 5.41) is 27.8. The monoisotopic (exact) mass is 515 g/mol. The van der Waals surface area contributed by atoms with E-state index in [-0.39, 0.29) is 18.6 Å². The fourth-order valence-electron chi connectivity index (χ4n) is 4.36. The molecule has 0 spiro atoms. The van der Waals surface area contributed by atoms with Crippen LogP contribution in [0.25, 0.3) is 5.57 Å². The first-order valence-corrected chi connectivity index (χ1v) is 12.2. The van der Waals surface area contributed by atoms with Gasteiger partial charge in [0.1, 0.15) is 0 Å². The number of hydrogen-bond donors (Lipinski definition) is 4. The molecule has 2 amide bonds. The van der Waals surface area contributed by atoms with Gasteiger partial charge in [-0.3, -0.25) is 9.59 Å². The molecule has 0 aromatic heterocycles. The summed E-state index contributed by atoms with van der Waals surface area (Å²) in [4.78, 5) is 26.9. The highest BCUT2D eigenvalue weighted by Crippen LogP contribution is 2.33. The van der Waals surface area contributed by atoms with Gasteiger partial charge in [0.25, 0.3) is 11.8 Å². The predicted molar refractivity (Wildman–Crippen MR) is 136 cm³/mol. The number of carbonyl (C=O) groups excluding carboxylic acids is 2. The lowest BCUT2D eigenvalue weighted by Crippen LogP contribution is -2.52. The first-order valence-electron chi connectivity index (χ1n) is 11.4. The van der Waals surface area contributed by atoms with Crippen LogP contribution < -0.4 is 10.6 Å². The molecule has 0 radical (unpaired) electrons. The molecule has 0 aliphatic carbocycles. The highest BCUT2D eigenvalue weighted by Gasteiger charge is 2.38. The molecular weight excluding hydrogens is 489 g/mol. The van der Waals surface area contributed by atoms with Gasteiger partial charge in [-0.25, -0.2) is 0 Å². The van der Waals surface area contributed by atoms with Gasteiger partial charge < -0.3 is 25.7 Å². The Morgan fingerprint density at radius 3 is 2.63 bits per heavy atom. The second kappa shape index (κ2) is 11.3. The van der Waals surface area contributed by atoms with Crippen LogP contribution in [0, 0.1) is 0 Å². The Bertz CT molecular complexity index is 1150. The van der Waals surface area contributed by atoms with Crippen LogP contribution in [0.3, 0.4) is 0 Å². The van der Waals surface area contributed by atoms with Gasteiger partial charge in [-0.2, -0.15) is 0 Å². The number of aliphatic hydroxyl groups is 2. The summed E-state index contributed by atoms with van der Waals surface area (Å²) >= 11 is 12.3. The molecule has 2 aliphatic rings. The van der Waals surface area contributed by atoms with E-state index < -0.39 is 24.0 Å². The number of nitrogens with one attached hydrogen (secondary N) is 2. The summed E-state index contributed by atoms with van der Waals surface area (Å²) in [6.07, 6.45) is 3.28. The Hall–Kier alpha value is -2.84. The minimum absolute atomic E-state index is 0.161. The number of hydrogen-bond acceptors (Lipinski definition) is 5. The molecule has 4 rings (SSSR count). The van der Waals surface area contributed by atoms with Crippen molar-refractivity contribution in [2.24, 2.45) is 0 Å². The molecule has 9 heteroatoms. The smallest absolute Gasteiger partial charge is 0.255 e. The number of benzene rings is 2. The number of likely N-dealkylation sites (tertiary alicyclic amines) is 1. The molecule has 184 valence electrons. The zero-order chi connectivity index (χ0) is 24.9. The number of rotatable bonds is 7. The molecule has 0 saturated carbocycles. The van der Waals surface area contributed by atoms with Crippen molar-refractivity contribution in [2.75, 3.05) is 13.1 Å². The predicted octanol–water partition coefficient (Wildman–Crippen LogP) is 3.06. The van der Waals surface area contributed by atoms with E-state index in [1.54, 1.807) is 24.4 Å². The first kappa shape index (κ1) is 25.3. The molecule has 2 aromatic rings. The van der Waals surface area contributed by atoms with Crippen LogP contribution >= 0.6 is 23.2 Å². The van der Waals surface area contributed by atoms with Crippen LogP contribution in [0.1, 0.15) is 30.0 Å². The third-order valence-electron chi connectivity index (χ3n) is 6.23. The van der Waals surface area contributed by atoms with E-state index in [1.165, 1.54) is 4.90 Å². The Morgan fingerprint density at radius 1 is 1.11 bits per heavy atom. The lowest BCUT2D eigenvalue weighted by atomic mass is 10.0. The van der Waals surface area contributed by atoms with Crippen molar-refractivity contribution >= 4 is 40.6 Å². The summed E-state index contributed by atoms with van der Waals surface area (Å²) in [6.45, 7) is 0.590. The number of carbonyl (C=O) groups is 2. The van der Waals surface area contributed by atoms with Gasteiger partial charge in [-0.1, -0.05) is 65.7 Å². The molecule has 2 unspecified atom stereocenters. The number of halogens is 2. The van der Waals surface area contributed by atoms with E-state index >= 15 is 0 Å². The fourth-order valence-corrected chi connectivity index (χ4v) is 4.81. The molecule has 2 heterocycles. The maximum absolute atomic E-state index is 12.9. The quantitative estimate of drug-likeness (QED) is 0.453. The molecule has 0 bridgehead atoms. The fraction of sp³-hybridized carbons (Fsp3) is 0.308. The summed E-state index contributed by atoms with van der Waals surface area (Å²) < 4.78 is 0. The SMILES string of the molecule is O=C(NCC1C=CC(c2ccccc2Cl)=CN1)[C@H](O)[C@@H](O)C(=O)N1CCCC1c1cccc(Cl)c1. The number of allylic oxidation sites excluding steroid dienone is 2. The molecule has 1 fully saturated rings. The van der Waals surface area contributed by atoms with Crippen molar-refractivity contribution in [2.45, 2.75) is 37.1 Å². The third-order valence-corrected chi connectivity index (χ3v) is 6.80. The van der Waals surface area contributed by atoms with Gasteiger partial charge >= 0.3 is 0 Å². The zero-order valence-electron chi connectivity index (χ0n) is 18.9. The van der Waals surface area contributed by atoms with Crippen molar-refractivity contribution in [3.05, 3.63) is 88.1 Å². The van der Waals surface area contributed by atoms with Crippen LogP contribution in [0.2, 0.25) is 10.0 Å². The maximum atomic E-state index is 12.9. The lowest BCUT2D eigenvalue weighted by molar-refractivity contribution is -0.153. The van der Waals surface area contributed by atoms with Crippen LogP contribution in [0.5, 0.6) is 0 Å². The van der Waals surface area contributed by atoms with Crippen molar-refractivity contribution in [1.29, 1.82) is 0 Å². The van der Waals surface area contributed by atoms with Crippen LogP contribution in [0.4, 0.5) is 0 Å². The summed E-state index contributed by atoms with van der Waals surface area (Å²) in [5.74, 6) is -1.50. The van der Waals surface area contributed by atoms with Crippen molar-refractivity contribution in [3.63, 3.8) is 0 Å². The molecule has 2 aromatic carbocycles. The largest absolute Gasteiger partial charge is 0.382 e. The second-order valence-electron chi connectivity index (χ2n) is 8.59. The van der Waals surface area contributed by atoms with E-state index in [1.807, 2.05) is 42.5 Å². The van der Waals surface area contributed by atoms with Crippen molar-refractivity contribution in [1.82, 2.24) is 15.5 Å². The Labute approximate surface area is 214 Å². The highest BCUT2D eigenvalue weighted by molar-refractivity contribution is 6.32. The molecular formula is C26H27Cl2N3O4. The lowest BCUT2D eigenvalue weighted by Gasteiger charge is -2.29. The van der Waals surface area contributed by atoms with E-state index in [0.717, 1.165) is 23.1 Å². The average Bonchev–Trinajstić information content (AvgIpc) is 3.37. The Balaban J connectivity index is 1.30. The molecule has 4 atom stereocenters. The highest BCUT2D eigenvalue weighted by atomic mass is 35.5. The zero-order valence-corrected chi connectivity index (χ0v) is 20.4. The Morgan fingerprint density at radius 2 is 1.91 bits per heavy atom. The first-order chi connectivity index (χ1) is 16.8. The number of nitrogens with zero attached hydrogens (tertiary/aromatic N) is 1. The van der Waals surface area contributed by atoms with Gasteiger partial charge in [0.15, 0.2) is 12.2 Å². The summed E-state index contributed by atoms with van der Waals surface area (Å²) in [7, 11) is 0. The van der Waals surface area contributed by atoms with Gasteiger partial charge in [0.05, 0.1) is 12.1 Å². The van der Waals surface area contributed by atoms with Crippen LogP contribution in [-0.4, -0.2) is 58.3 Å². The summed E-state index contributed by atoms with van der Waals surface area (Å²) in [6, 6.07) is 14.2. The minimum Gasteiger partial charge on any atom is -0.382 e. The Kier molecular flexibility index (Phi) is 8.13. The third kappa shape index (κ3) is 5.87. The van der Waals surface area contributed by atoms with Crippen molar-refractivity contribution < 1.29 is 19.8 Å².